The molecule has 0 bridgehead atoms. The number of amides is 1. The Kier molecular flexibility index (Phi) is 6.26. The molecule has 0 aliphatic carbocycles. The smallest absolute Gasteiger partial charge is 0.328 e. The van der Waals surface area contributed by atoms with Crippen LogP contribution in [0.5, 0.6) is 5.75 Å². The fraction of sp³-hybridized carbons (Fsp3) is 0.500. The van der Waals surface area contributed by atoms with E-state index in [1.807, 2.05) is 13.8 Å². The number of halogens is 1. The molecule has 0 radical (unpaired) electrons. The van der Waals surface area contributed by atoms with Crippen LogP contribution in [-0.4, -0.2) is 41.6 Å². The van der Waals surface area contributed by atoms with Gasteiger partial charge in [0.25, 0.3) is 5.91 Å². The molecule has 1 aromatic rings. The van der Waals surface area contributed by atoms with Gasteiger partial charge < -0.3 is 19.5 Å². The number of carbonyl (C=O) groups excluding carboxylic acids is 2. The van der Waals surface area contributed by atoms with Crippen molar-refractivity contribution in [2.24, 2.45) is 5.92 Å². The minimum Gasteiger partial charge on any atom is -0.467 e. The summed E-state index contributed by atoms with van der Waals surface area (Å²) in [4.78, 5) is 25.8. The van der Waals surface area contributed by atoms with Crippen LogP contribution in [0.3, 0.4) is 0 Å². The molecule has 0 aromatic heterocycles. The predicted molar refractivity (Wildman–Crippen MR) is 97.3 cm³/mol. The molecule has 7 heteroatoms. The van der Waals surface area contributed by atoms with Crippen molar-refractivity contribution >= 4 is 11.9 Å². The number of ether oxygens (including phenoxy) is 2. The topological polar surface area (TPSA) is 76.1 Å². The van der Waals surface area contributed by atoms with E-state index in [1.54, 1.807) is 6.07 Å². The third-order valence-corrected chi connectivity index (χ3v) is 4.30. The highest BCUT2D eigenvalue weighted by Gasteiger charge is 2.35. The molecule has 1 atom stereocenters. The van der Waals surface area contributed by atoms with Crippen molar-refractivity contribution in [1.82, 2.24) is 4.90 Å². The number of rotatable bonds is 7. The van der Waals surface area contributed by atoms with Gasteiger partial charge in [-0.1, -0.05) is 26.0 Å². The van der Waals surface area contributed by atoms with Crippen molar-refractivity contribution in [1.29, 1.82) is 0 Å². The van der Waals surface area contributed by atoms with E-state index in [-0.39, 0.29) is 35.4 Å². The lowest BCUT2D eigenvalue weighted by atomic mass is 9.97. The van der Waals surface area contributed by atoms with Crippen LogP contribution in [0.2, 0.25) is 0 Å². The minimum absolute atomic E-state index is 0.0392. The second kappa shape index (κ2) is 8.08. The van der Waals surface area contributed by atoms with Crippen molar-refractivity contribution in [2.75, 3.05) is 13.7 Å². The summed E-state index contributed by atoms with van der Waals surface area (Å²) in [7, 11) is 1.28. The molecule has 1 aromatic carbocycles. The van der Waals surface area contributed by atoms with Gasteiger partial charge in [-0.2, -0.15) is 0 Å². The first-order valence-corrected chi connectivity index (χ1v) is 8.82. The van der Waals surface area contributed by atoms with Crippen molar-refractivity contribution in [3.63, 3.8) is 0 Å². The van der Waals surface area contributed by atoms with Crippen LogP contribution < -0.4 is 4.74 Å². The third-order valence-electron chi connectivity index (χ3n) is 4.30. The maximum Gasteiger partial charge on any atom is 0.328 e. The number of nitrogens with zero attached hydrogens (tertiary/aromatic N) is 1. The van der Waals surface area contributed by atoms with Crippen LogP contribution in [0.15, 0.2) is 30.0 Å². The SMILES string of the molecule is COC(=O)[C@H](CC(C)C)N1CC(Oc2cccc(C(C)(C)O)c2F)=CC1=O. The van der Waals surface area contributed by atoms with E-state index in [9.17, 15) is 19.1 Å². The van der Waals surface area contributed by atoms with Crippen LogP contribution in [-0.2, 0) is 19.9 Å². The Balaban J connectivity index is 2.20. The number of hydrogen-bond donors (Lipinski definition) is 1. The van der Waals surface area contributed by atoms with Gasteiger partial charge in [0.2, 0.25) is 0 Å². The summed E-state index contributed by atoms with van der Waals surface area (Å²) in [6.07, 6.45) is 1.69. The molecule has 0 fully saturated rings. The molecule has 2 rings (SSSR count). The van der Waals surface area contributed by atoms with Crippen molar-refractivity contribution in [2.45, 2.75) is 45.8 Å². The zero-order chi connectivity index (χ0) is 20.4. The Bertz CT molecular complexity index is 751. The quantitative estimate of drug-likeness (QED) is 0.738. The molecule has 0 unspecified atom stereocenters. The first kappa shape index (κ1) is 20.9. The van der Waals surface area contributed by atoms with E-state index in [4.69, 9.17) is 9.47 Å². The van der Waals surface area contributed by atoms with Crippen LogP contribution >= 0.6 is 0 Å². The lowest BCUT2D eigenvalue weighted by molar-refractivity contribution is -0.151. The van der Waals surface area contributed by atoms with Crippen LogP contribution in [0, 0.1) is 11.7 Å². The van der Waals surface area contributed by atoms with Gasteiger partial charge in [-0.05, 0) is 32.3 Å². The van der Waals surface area contributed by atoms with Crippen LogP contribution in [0.25, 0.3) is 0 Å². The van der Waals surface area contributed by atoms with Crippen molar-refractivity contribution in [3.05, 3.63) is 41.4 Å². The Morgan fingerprint density at radius 1 is 1.37 bits per heavy atom. The number of esters is 1. The number of methoxy groups -OCH3 is 1. The van der Waals surface area contributed by atoms with Crippen molar-refractivity contribution in [3.8, 4) is 5.75 Å². The summed E-state index contributed by atoms with van der Waals surface area (Å²) in [5.41, 5.74) is -1.28. The second-order valence-electron chi connectivity index (χ2n) is 7.52. The lowest BCUT2D eigenvalue weighted by Crippen LogP contribution is -2.44. The number of carbonyl (C=O) groups is 2. The Hall–Kier alpha value is -2.41. The zero-order valence-corrected chi connectivity index (χ0v) is 16.3. The lowest BCUT2D eigenvalue weighted by Gasteiger charge is -2.27. The van der Waals surface area contributed by atoms with Crippen LogP contribution in [0.4, 0.5) is 4.39 Å². The largest absolute Gasteiger partial charge is 0.467 e. The molecule has 0 spiro atoms. The van der Waals surface area contributed by atoms with E-state index in [2.05, 4.69) is 0 Å². The molecule has 148 valence electrons. The molecule has 1 amide bonds. The molecule has 0 saturated carbocycles. The van der Waals surface area contributed by atoms with Gasteiger partial charge in [0, 0.05) is 11.6 Å². The van der Waals surface area contributed by atoms with E-state index in [0.29, 0.717) is 6.42 Å². The van der Waals surface area contributed by atoms with Gasteiger partial charge >= 0.3 is 5.97 Å². The first-order valence-electron chi connectivity index (χ1n) is 8.82. The monoisotopic (exact) mass is 379 g/mol. The number of aliphatic hydroxyl groups is 1. The molecule has 1 aliphatic rings. The van der Waals surface area contributed by atoms with E-state index >= 15 is 0 Å². The molecular weight excluding hydrogens is 353 g/mol. The standard InChI is InChI=1S/C20H26FNO5/c1-12(2)9-15(19(24)26-5)22-11-13(10-17(22)23)27-16-8-6-7-14(18(16)21)20(3,4)25/h6-8,10,12,15,25H,9,11H2,1-5H3/t15-/m0/s1. The summed E-state index contributed by atoms with van der Waals surface area (Å²) in [6.45, 7) is 6.87. The molecule has 6 nitrogen and oxygen atoms in total. The molecule has 1 aliphatic heterocycles. The van der Waals surface area contributed by atoms with Gasteiger partial charge in [-0.15, -0.1) is 0 Å². The summed E-state index contributed by atoms with van der Waals surface area (Å²) in [5, 5.41) is 10.1. The first-order chi connectivity index (χ1) is 12.5. The highest BCUT2D eigenvalue weighted by atomic mass is 19.1. The summed E-state index contributed by atoms with van der Waals surface area (Å²) in [6, 6.07) is 3.73. The maximum atomic E-state index is 14.6. The summed E-state index contributed by atoms with van der Waals surface area (Å²) < 4.78 is 25.0. The van der Waals surface area contributed by atoms with Gasteiger partial charge in [-0.25, -0.2) is 9.18 Å². The van der Waals surface area contributed by atoms with Gasteiger partial charge in [-0.3, -0.25) is 4.79 Å². The highest BCUT2D eigenvalue weighted by molar-refractivity contribution is 5.94. The summed E-state index contributed by atoms with van der Waals surface area (Å²) in [5.74, 6) is -1.27. The average Bonchev–Trinajstić information content (AvgIpc) is 2.92. The van der Waals surface area contributed by atoms with E-state index in [0.717, 1.165) is 0 Å². The average molecular weight is 379 g/mol. The molecular formula is C20H26FNO5. The summed E-state index contributed by atoms with van der Waals surface area (Å²) >= 11 is 0. The highest BCUT2D eigenvalue weighted by Crippen LogP contribution is 2.31. The second-order valence-corrected chi connectivity index (χ2v) is 7.52. The Morgan fingerprint density at radius 2 is 2.04 bits per heavy atom. The van der Waals surface area contributed by atoms with Crippen molar-refractivity contribution < 1.29 is 28.6 Å². The predicted octanol–water partition coefficient (Wildman–Crippen LogP) is 2.75. The fourth-order valence-electron chi connectivity index (χ4n) is 2.97. The fourth-order valence-corrected chi connectivity index (χ4v) is 2.97. The third kappa shape index (κ3) is 4.86. The van der Waals surface area contributed by atoms with Gasteiger partial charge in [0.15, 0.2) is 11.6 Å². The Morgan fingerprint density at radius 3 is 2.59 bits per heavy atom. The number of hydrogen-bond acceptors (Lipinski definition) is 5. The minimum atomic E-state index is -1.37. The molecule has 27 heavy (non-hydrogen) atoms. The molecule has 0 saturated heterocycles. The van der Waals surface area contributed by atoms with Gasteiger partial charge in [0.05, 0.1) is 19.3 Å². The van der Waals surface area contributed by atoms with Crippen LogP contribution in [0.1, 0.15) is 39.7 Å². The van der Waals surface area contributed by atoms with E-state index < -0.39 is 23.4 Å². The maximum absolute atomic E-state index is 14.6. The molecule has 1 heterocycles. The number of benzene rings is 1. The molecule has 1 N–H and O–H groups in total. The Labute approximate surface area is 158 Å². The van der Waals surface area contributed by atoms with Gasteiger partial charge in [0.1, 0.15) is 11.8 Å². The normalized spacial score (nSPS) is 15.8. The zero-order valence-electron chi connectivity index (χ0n) is 16.3. The van der Waals surface area contributed by atoms with E-state index in [1.165, 1.54) is 44.1 Å².